The predicted octanol–water partition coefficient (Wildman–Crippen LogP) is 2.54. The third kappa shape index (κ3) is 4.95. The van der Waals surface area contributed by atoms with E-state index in [4.69, 9.17) is 4.52 Å². The van der Waals surface area contributed by atoms with E-state index in [1.54, 1.807) is 4.68 Å². The maximum atomic E-state index is 12.7. The Morgan fingerprint density at radius 2 is 1.73 bits per heavy atom. The molecule has 0 spiro atoms. The zero-order valence-corrected chi connectivity index (χ0v) is 17.8. The molecule has 1 aliphatic heterocycles. The van der Waals surface area contributed by atoms with Gasteiger partial charge in [0.25, 0.3) is 0 Å². The summed E-state index contributed by atoms with van der Waals surface area (Å²) in [5.41, 5.74) is 3.94. The molecule has 158 valence electrons. The number of nitrogens with one attached hydrogen (secondary N) is 1. The smallest absolute Gasteiger partial charge is 0.239 e. The zero-order chi connectivity index (χ0) is 21.1. The first kappa shape index (κ1) is 20.3. The van der Waals surface area contributed by atoms with Crippen molar-refractivity contribution < 1.29 is 9.32 Å². The van der Waals surface area contributed by atoms with Crippen LogP contribution in [-0.4, -0.2) is 63.4 Å². The van der Waals surface area contributed by atoms with Crippen LogP contribution < -0.4 is 5.32 Å². The number of carbonyl (C=O) groups is 1. The molecule has 0 radical (unpaired) electrons. The largest absolute Gasteiger partial charge is 0.361 e. The number of hydrogen-bond donors (Lipinski definition) is 1. The van der Waals surface area contributed by atoms with Gasteiger partial charge in [0.05, 0.1) is 23.6 Å². The third-order valence-corrected chi connectivity index (χ3v) is 5.27. The molecule has 1 saturated heterocycles. The van der Waals surface area contributed by atoms with Crippen LogP contribution in [0.2, 0.25) is 0 Å². The lowest BCUT2D eigenvalue weighted by Crippen LogP contribution is -2.48. The van der Waals surface area contributed by atoms with E-state index in [1.807, 2.05) is 57.2 Å². The van der Waals surface area contributed by atoms with Crippen LogP contribution in [0, 0.1) is 20.8 Å². The minimum absolute atomic E-state index is 0.0242. The van der Waals surface area contributed by atoms with E-state index in [1.165, 1.54) is 5.56 Å². The molecule has 0 bridgehead atoms. The Bertz CT molecular complexity index is 999. The highest BCUT2D eigenvalue weighted by Crippen LogP contribution is 2.18. The Kier molecular flexibility index (Phi) is 5.96. The molecular formula is C22H28N6O2. The van der Waals surface area contributed by atoms with Crippen LogP contribution in [0.5, 0.6) is 0 Å². The number of benzene rings is 1. The molecule has 30 heavy (non-hydrogen) atoms. The van der Waals surface area contributed by atoms with Gasteiger partial charge in [0.2, 0.25) is 5.91 Å². The van der Waals surface area contributed by atoms with Crippen molar-refractivity contribution in [3.63, 3.8) is 0 Å². The van der Waals surface area contributed by atoms with Crippen molar-refractivity contribution in [2.75, 3.05) is 38.0 Å². The van der Waals surface area contributed by atoms with Gasteiger partial charge in [-0.1, -0.05) is 22.9 Å². The number of aromatic nitrogens is 3. The number of hydrogen-bond acceptors (Lipinski definition) is 6. The molecular weight excluding hydrogens is 380 g/mol. The van der Waals surface area contributed by atoms with Gasteiger partial charge in [-0.3, -0.25) is 14.6 Å². The standard InChI is InChI=1S/C22H28N6O2/c1-16-4-6-20(7-5-16)28-21(12-17(2)24-28)23-22(29)15-27-10-8-26(9-11-27)14-19-13-18(3)30-25-19/h4-7,12-13H,8-11,14-15H2,1-3H3,(H,23,29). The maximum absolute atomic E-state index is 12.7. The molecule has 0 saturated carbocycles. The summed E-state index contributed by atoms with van der Waals surface area (Å²) in [4.78, 5) is 17.2. The topological polar surface area (TPSA) is 79.4 Å². The lowest BCUT2D eigenvalue weighted by atomic mass is 10.2. The van der Waals surface area contributed by atoms with E-state index in [9.17, 15) is 4.79 Å². The molecule has 1 aromatic carbocycles. The first-order valence-corrected chi connectivity index (χ1v) is 10.3. The summed E-state index contributed by atoms with van der Waals surface area (Å²) in [7, 11) is 0. The fraction of sp³-hybridized carbons (Fsp3) is 0.409. The van der Waals surface area contributed by atoms with Crippen molar-refractivity contribution in [1.82, 2.24) is 24.7 Å². The second-order valence-corrected chi connectivity index (χ2v) is 7.95. The zero-order valence-electron chi connectivity index (χ0n) is 17.8. The predicted molar refractivity (Wildman–Crippen MR) is 115 cm³/mol. The molecule has 4 rings (SSSR count). The fourth-order valence-corrected chi connectivity index (χ4v) is 3.68. The molecule has 1 aliphatic rings. The maximum Gasteiger partial charge on any atom is 0.239 e. The van der Waals surface area contributed by atoms with Gasteiger partial charge >= 0.3 is 0 Å². The summed E-state index contributed by atoms with van der Waals surface area (Å²) in [6.07, 6.45) is 0. The second-order valence-electron chi connectivity index (χ2n) is 7.95. The minimum atomic E-state index is -0.0242. The normalized spacial score (nSPS) is 15.4. The Hall–Kier alpha value is -2.97. The van der Waals surface area contributed by atoms with E-state index >= 15 is 0 Å². The van der Waals surface area contributed by atoms with E-state index < -0.39 is 0 Å². The molecule has 3 aromatic rings. The summed E-state index contributed by atoms with van der Waals surface area (Å²) in [6.45, 7) is 10.5. The molecule has 1 amide bonds. The highest BCUT2D eigenvalue weighted by molar-refractivity contribution is 5.91. The number of rotatable bonds is 6. The average molecular weight is 409 g/mol. The Morgan fingerprint density at radius 3 is 2.40 bits per heavy atom. The van der Waals surface area contributed by atoms with Crippen molar-refractivity contribution in [2.45, 2.75) is 27.3 Å². The second kappa shape index (κ2) is 8.81. The van der Waals surface area contributed by atoms with Gasteiger partial charge in [-0.05, 0) is 32.9 Å². The molecule has 1 fully saturated rings. The van der Waals surface area contributed by atoms with Gasteiger partial charge in [-0.25, -0.2) is 4.68 Å². The van der Waals surface area contributed by atoms with Gasteiger partial charge < -0.3 is 9.84 Å². The minimum Gasteiger partial charge on any atom is -0.361 e. The van der Waals surface area contributed by atoms with Crippen LogP contribution in [0.15, 0.2) is 40.9 Å². The summed E-state index contributed by atoms with van der Waals surface area (Å²) in [5.74, 6) is 1.51. The van der Waals surface area contributed by atoms with Crippen molar-refractivity contribution in [3.05, 3.63) is 59.1 Å². The van der Waals surface area contributed by atoms with Gasteiger partial charge in [0.15, 0.2) is 0 Å². The SMILES string of the molecule is Cc1ccc(-n2nc(C)cc2NC(=O)CN2CCN(Cc3cc(C)on3)CC2)cc1. The van der Waals surface area contributed by atoms with Crippen LogP contribution in [-0.2, 0) is 11.3 Å². The van der Waals surface area contributed by atoms with Gasteiger partial charge in [-0.15, -0.1) is 0 Å². The molecule has 1 N–H and O–H groups in total. The summed E-state index contributed by atoms with van der Waals surface area (Å²) < 4.78 is 6.92. The third-order valence-electron chi connectivity index (χ3n) is 5.27. The van der Waals surface area contributed by atoms with Gasteiger partial charge in [0, 0.05) is 44.9 Å². The first-order valence-electron chi connectivity index (χ1n) is 10.3. The molecule has 0 unspecified atom stereocenters. The van der Waals surface area contributed by atoms with Crippen LogP contribution in [0.25, 0.3) is 5.69 Å². The molecule has 3 heterocycles. The molecule has 8 nitrogen and oxygen atoms in total. The molecule has 0 atom stereocenters. The lowest BCUT2D eigenvalue weighted by molar-refractivity contribution is -0.117. The summed E-state index contributed by atoms with van der Waals surface area (Å²) in [5, 5.41) is 11.6. The number of amides is 1. The van der Waals surface area contributed by atoms with Crippen LogP contribution in [0.3, 0.4) is 0 Å². The summed E-state index contributed by atoms with van der Waals surface area (Å²) in [6, 6.07) is 12.0. The molecule has 2 aromatic heterocycles. The van der Waals surface area contributed by atoms with Crippen molar-refractivity contribution in [3.8, 4) is 5.69 Å². The van der Waals surface area contributed by atoms with Crippen molar-refractivity contribution in [1.29, 1.82) is 0 Å². The molecule has 8 heteroatoms. The van der Waals surface area contributed by atoms with Crippen LogP contribution in [0.4, 0.5) is 5.82 Å². The van der Waals surface area contributed by atoms with Gasteiger partial charge in [0.1, 0.15) is 11.6 Å². The fourth-order valence-electron chi connectivity index (χ4n) is 3.68. The number of carbonyl (C=O) groups excluding carboxylic acids is 1. The number of nitrogens with zero attached hydrogens (tertiary/aromatic N) is 5. The van der Waals surface area contributed by atoms with E-state index in [2.05, 4.69) is 25.4 Å². The molecule has 0 aliphatic carbocycles. The highest BCUT2D eigenvalue weighted by Gasteiger charge is 2.20. The Morgan fingerprint density at radius 1 is 1.03 bits per heavy atom. The number of aryl methyl sites for hydroxylation is 3. The number of piperazine rings is 1. The lowest BCUT2D eigenvalue weighted by Gasteiger charge is -2.33. The highest BCUT2D eigenvalue weighted by atomic mass is 16.5. The van der Waals surface area contributed by atoms with E-state index in [0.29, 0.717) is 12.4 Å². The van der Waals surface area contributed by atoms with Crippen LogP contribution in [0.1, 0.15) is 22.7 Å². The van der Waals surface area contributed by atoms with E-state index in [-0.39, 0.29) is 5.91 Å². The average Bonchev–Trinajstić information content (AvgIpc) is 3.29. The van der Waals surface area contributed by atoms with E-state index in [0.717, 1.165) is 55.6 Å². The first-order chi connectivity index (χ1) is 14.5. The van der Waals surface area contributed by atoms with Crippen LogP contribution >= 0.6 is 0 Å². The monoisotopic (exact) mass is 408 g/mol. The Labute approximate surface area is 176 Å². The quantitative estimate of drug-likeness (QED) is 0.675. The Balaban J connectivity index is 1.31. The number of anilines is 1. The van der Waals surface area contributed by atoms with Crippen molar-refractivity contribution in [2.24, 2.45) is 0 Å². The van der Waals surface area contributed by atoms with Crippen molar-refractivity contribution >= 4 is 11.7 Å². The summed E-state index contributed by atoms with van der Waals surface area (Å²) >= 11 is 0. The van der Waals surface area contributed by atoms with Gasteiger partial charge in [-0.2, -0.15) is 5.10 Å².